The van der Waals surface area contributed by atoms with E-state index < -0.39 is 8.32 Å². The van der Waals surface area contributed by atoms with Crippen LogP contribution < -0.4 is 4.43 Å². The molecule has 22 heavy (non-hydrogen) atoms. The van der Waals surface area contributed by atoms with E-state index in [1.54, 1.807) is 24.3 Å². The maximum absolute atomic E-state index is 12.1. The largest absolute Gasteiger partial charge is 0.544 e. The third-order valence-corrected chi connectivity index (χ3v) is 4.35. The first-order valence-corrected chi connectivity index (χ1v) is 11.2. The van der Waals surface area contributed by atoms with Gasteiger partial charge in [0.1, 0.15) is 11.5 Å². The zero-order valence-corrected chi connectivity index (χ0v) is 14.6. The lowest BCUT2D eigenvalue weighted by Crippen LogP contribution is -2.34. The predicted octanol–water partition coefficient (Wildman–Crippen LogP) is 3.63. The minimum absolute atomic E-state index is 0.0153. The van der Waals surface area contributed by atoms with E-state index in [0.717, 1.165) is 25.9 Å². The van der Waals surface area contributed by atoms with E-state index in [1.165, 1.54) is 6.42 Å². The number of amides is 1. The first-order chi connectivity index (χ1) is 10.3. The molecule has 0 bridgehead atoms. The summed E-state index contributed by atoms with van der Waals surface area (Å²) in [7, 11) is -1.69. The van der Waals surface area contributed by atoms with Gasteiger partial charge in [0, 0.05) is 30.8 Å². The van der Waals surface area contributed by atoms with Gasteiger partial charge < -0.3 is 14.4 Å². The van der Waals surface area contributed by atoms with Crippen molar-refractivity contribution in [3.63, 3.8) is 0 Å². The van der Waals surface area contributed by atoms with Gasteiger partial charge in [-0.15, -0.1) is 0 Å². The van der Waals surface area contributed by atoms with Gasteiger partial charge in [-0.3, -0.25) is 4.79 Å². The molecule has 0 aromatic heterocycles. The van der Waals surface area contributed by atoms with Gasteiger partial charge >= 0.3 is 0 Å². The standard InChI is InChI=1S/C17H25NO3Si/c1-22(2,3)21-15-9-7-14(16(19)13-15)8-10-17(20)18-11-5-4-6-12-18/h7-10,13,19H,4-6,11-12H2,1-3H3/b10-8+. The van der Waals surface area contributed by atoms with E-state index in [2.05, 4.69) is 19.6 Å². The summed E-state index contributed by atoms with van der Waals surface area (Å²) < 4.78 is 5.84. The molecule has 0 unspecified atom stereocenters. The van der Waals surface area contributed by atoms with Crippen LogP contribution >= 0.6 is 0 Å². The zero-order valence-electron chi connectivity index (χ0n) is 13.6. The molecule has 1 heterocycles. The first-order valence-electron chi connectivity index (χ1n) is 7.84. The molecule has 1 amide bonds. The molecule has 1 saturated heterocycles. The van der Waals surface area contributed by atoms with Crippen LogP contribution in [0, 0.1) is 0 Å². The number of carbonyl (C=O) groups excluding carboxylic acids is 1. The number of likely N-dealkylation sites (tertiary alicyclic amines) is 1. The first kappa shape index (κ1) is 16.6. The van der Waals surface area contributed by atoms with Gasteiger partial charge in [-0.05, 0) is 57.1 Å². The summed E-state index contributed by atoms with van der Waals surface area (Å²) in [5, 5.41) is 10.1. The van der Waals surface area contributed by atoms with Crippen molar-refractivity contribution in [3.05, 3.63) is 29.8 Å². The van der Waals surface area contributed by atoms with Crippen LogP contribution in [0.25, 0.3) is 6.08 Å². The predicted molar refractivity (Wildman–Crippen MR) is 91.5 cm³/mol. The maximum atomic E-state index is 12.1. The van der Waals surface area contributed by atoms with Gasteiger partial charge in [0.2, 0.25) is 14.2 Å². The number of phenolic OH excluding ortho intramolecular Hbond substituents is 1. The summed E-state index contributed by atoms with van der Waals surface area (Å²) in [4.78, 5) is 13.9. The lowest BCUT2D eigenvalue weighted by Gasteiger charge is -2.25. The number of aromatic hydroxyl groups is 1. The second-order valence-electron chi connectivity index (χ2n) is 6.65. The average molecular weight is 319 g/mol. The van der Waals surface area contributed by atoms with Gasteiger partial charge in [-0.2, -0.15) is 0 Å². The van der Waals surface area contributed by atoms with Crippen LogP contribution in [0.2, 0.25) is 19.6 Å². The molecule has 4 nitrogen and oxygen atoms in total. The molecule has 0 aliphatic carbocycles. The fraction of sp³-hybridized carbons (Fsp3) is 0.471. The lowest BCUT2D eigenvalue weighted by atomic mass is 10.1. The number of hydrogen-bond acceptors (Lipinski definition) is 3. The van der Waals surface area contributed by atoms with Crippen LogP contribution in [0.1, 0.15) is 24.8 Å². The molecule has 5 heteroatoms. The Balaban J connectivity index is 2.03. The summed E-state index contributed by atoms with van der Waals surface area (Å²) >= 11 is 0. The number of nitrogens with zero attached hydrogens (tertiary/aromatic N) is 1. The minimum atomic E-state index is -1.69. The summed E-state index contributed by atoms with van der Waals surface area (Å²) in [6.07, 6.45) is 6.57. The van der Waals surface area contributed by atoms with E-state index in [-0.39, 0.29) is 11.7 Å². The summed E-state index contributed by atoms with van der Waals surface area (Å²) in [5.41, 5.74) is 0.633. The molecule has 1 aliphatic rings. The lowest BCUT2D eigenvalue weighted by molar-refractivity contribution is -0.126. The Hall–Kier alpha value is -1.75. The Labute approximate surface area is 133 Å². The van der Waals surface area contributed by atoms with Gasteiger partial charge in [0.15, 0.2) is 0 Å². The van der Waals surface area contributed by atoms with E-state index in [9.17, 15) is 9.90 Å². The molecule has 120 valence electrons. The third kappa shape index (κ3) is 4.91. The highest BCUT2D eigenvalue weighted by molar-refractivity contribution is 6.70. The van der Waals surface area contributed by atoms with Crippen molar-refractivity contribution in [2.24, 2.45) is 0 Å². The Morgan fingerprint density at radius 3 is 2.50 bits per heavy atom. The fourth-order valence-electron chi connectivity index (χ4n) is 2.46. The molecule has 1 aromatic rings. The monoisotopic (exact) mass is 319 g/mol. The van der Waals surface area contributed by atoms with Crippen molar-refractivity contribution >= 4 is 20.3 Å². The molecule has 1 aromatic carbocycles. The smallest absolute Gasteiger partial charge is 0.246 e. The molecule has 2 rings (SSSR count). The number of rotatable bonds is 4. The number of benzene rings is 1. The Kier molecular flexibility index (Phi) is 5.29. The van der Waals surface area contributed by atoms with Gasteiger partial charge in [0.25, 0.3) is 0 Å². The van der Waals surface area contributed by atoms with Crippen LogP contribution in [0.15, 0.2) is 24.3 Å². The van der Waals surface area contributed by atoms with Crippen molar-refractivity contribution in [2.45, 2.75) is 38.9 Å². The molecular weight excluding hydrogens is 294 g/mol. The van der Waals surface area contributed by atoms with Crippen molar-refractivity contribution in [1.29, 1.82) is 0 Å². The Bertz CT molecular complexity index is 558. The molecule has 0 spiro atoms. The van der Waals surface area contributed by atoms with Gasteiger partial charge in [-0.25, -0.2) is 0 Å². The van der Waals surface area contributed by atoms with Crippen LogP contribution in [0.4, 0.5) is 0 Å². The quantitative estimate of drug-likeness (QED) is 0.681. The average Bonchev–Trinajstić information content (AvgIpc) is 2.45. The molecule has 0 radical (unpaired) electrons. The second kappa shape index (κ2) is 7.00. The summed E-state index contributed by atoms with van der Waals surface area (Å²) in [6.45, 7) is 7.94. The van der Waals surface area contributed by atoms with Crippen molar-refractivity contribution < 1.29 is 14.3 Å². The number of piperidine rings is 1. The van der Waals surface area contributed by atoms with E-state index >= 15 is 0 Å². The number of hydrogen-bond donors (Lipinski definition) is 1. The maximum Gasteiger partial charge on any atom is 0.246 e. The Morgan fingerprint density at radius 1 is 1.23 bits per heavy atom. The highest BCUT2D eigenvalue weighted by Crippen LogP contribution is 2.26. The van der Waals surface area contributed by atoms with Crippen LogP contribution in [-0.2, 0) is 4.79 Å². The number of phenols is 1. The molecule has 0 atom stereocenters. The molecule has 1 aliphatic heterocycles. The van der Waals surface area contributed by atoms with Crippen LogP contribution in [0.3, 0.4) is 0 Å². The minimum Gasteiger partial charge on any atom is -0.544 e. The Morgan fingerprint density at radius 2 is 1.91 bits per heavy atom. The van der Waals surface area contributed by atoms with Crippen LogP contribution in [0.5, 0.6) is 11.5 Å². The van der Waals surface area contributed by atoms with E-state index in [4.69, 9.17) is 4.43 Å². The molecular formula is C17H25NO3Si. The van der Waals surface area contributed by atoms with Crippen molar-refractivity contribution in [1.82, 2.24) is 4.90 Å². The third-order valence-electron chi connectivity index (χ3n) is 3.50. The second-order valence-corrected chi connectivity index (χ2v) is 11.1. The van der Waals surface area contributed by atoms with Gasteiger partial charge in [-0.1, -0.05) is 0 Å². The molecule has 1 N–H and O–H groups in total. The van der Waals surface area contributed by atoms with Gasteiger partial charge in [0.05, 0.1) is 0 Å². The molecule has 1 fully saturated rings. The highest BCUT2D eigenvalue weighted by atomic mass is 28.4. The van der Waals surface area contributed by atoms with E-state index in [0.29, 0.717) is 11.3 Å². The summed E-state index contributed by atoms with van der Waals surface area (Å²) in [5.74, 6) is 0.830. The molecule has 0 saturated carbocycles. The topological polar surface area (TPSA) is 49.8 Å². The normalized spacial score (nSPS) is 16.0. The fourth-order valence-corrected chi connectivity index (χ4v) is 3.30. The SMILES string of the molecule is C[Si](C)(C)Oc1ccc(/C=C/C(=O)N2CCCCC2)c(O)c1. The van der Waals surface area contributed by atoms with E-state index in [1.807, 2.05) is 11.0 Å². The summed E-state index contributed by atoms with van der Waals surface area (Å²) in [6, 6.07) is 5.23. The van der Waals surface area contributed by atoms with Crippen molar-refractivity contribution in [3.8, 4) is 11.5 Å². The van der Waals surface area contributed by atoms with Crippen molar-refractivity contribution in [2.75, 3.05) is 13.1 Å². The zero-order chi connectivity index (χ0) is 16.2. The number of carbonyl (C=O) groups is 1. The highest BCUT2D eigenvalue weighted by Gasteiger charge is 2.17. The van der Waals surface area contributed by atoms with Crippen LogP contribution in [-0.4, -0.2) is 37.3 Å².